The summed E-state index contributed by atoms with van der Waals surface area (Å²) in [6.45, 7) is 5.37. The Bertz CT molecular complexity index is 355. The van der Waals surface area contributed by atoms with Gasteiger partial charge in [-0.05, 0) is 26.0 Å². The first-order valence-corrected chi connectivity index (χ1v) is 7.27. The molecular weight excluding hydrogens is 252 g/mol. The molecule has 18 heavy (non-hydrogen) atoms. The van der Waals surface area contributed by atoms with Gasteiger partial charge in [0.25, 0.3) is 5.91 Å². The fraction of sp³-hybridized carbons (Fsp3) is 0.750. The van der Waals surface area contributed by atoms with Crippen molar-refractivity contribution in [3.63, 3.8) is 0 Å². The lowest BCUT2D eigenvalue weighted by Gasteiger charge is -2.40. The fourth-order valence-electron chi connectivity index (χ4n) is 1.67. The average Bonchev–Trinajstić information content (AvgIpc) is 2.29. The van der Waals surface area contributed by atoms with Crippen LogP contribution in [0.3, 0.4) is 0 Å². The van der Waals surface area contributed by atoms with Crippen molar-refractivity contribution in [1.29, 1.82) is 0 Å². The molecule has 0 aromatic heterocycles. The standard InChI is InChI=1S/C12H20N2O3S/c1-4-5-6-18-8-10(16)14-7-9(15)13-11(17)12(14,2)3/h4-8H2,1-3H3,(H,13,15,17). The number of nitrogens with zero attached hydrogens (tertiary/aromatic N) is 1. The van der Waals surface area contributed by atoms with Crippen molar-refractivity contribution in [3.05, 3.63) is 0 Å². The molecule has 1 saturated heterocycles. The molecule has 0 aromatic carbocycles. The largest absolute Gasteiger partial charge is 0.318 e. The van der Waals surface area contributed by atoms with Crippen LogP contribution in [0.1, 0.15) is 33.6 Å². The lowest BCUT2D eigenvalue weighted by atomic mass is 9.99. The van der Waals surface area contributed by atoms with Gasteiger partial charge in [-0.3, -0.25) is 19.7 Å². The van der Waals surface area contributed by atoms with Crippen LogP contribution >= 0.6 is 11.8 Å². The Balaban J connectivity index is 2.59. The predicted octanol–water partition coefficient (Wildman–Crippen LogP) is 0.783. The van der Waals surface area contributed by atoms with Gasteiger partial charge in [0.15, 0.2) is 0 Å². The maximum Gasteiger partial charge on any atom is 0.252 e. The van der Waals surface area contributed by atoms with Gasteiger partial charge in [-0.15, -0.1) is 0 Å². The number of carbonyl (C=O) groups is 3. The van der Waals surface area contributed by atoms with Crippen LogP contribution < -0.4 is 5.32 Å². The molecule has 0 spiro atoms. The third-order valence-electron chi connectivity index (χ3n) is 2.95. The molecule has 0 unspecified atom stereocenters. The summed E-state index contributed by atoms with van der Waals surface area (Å²) < 4.78 is 0. The zero-order valence-electron chi connectivity index (χ0n) is 11.1. The Morgan fingerprint density at radius 1 is 1.44 bits per heavy atom. The summed E-state index contributed by atoms with van der Waals surface area (Å²) in [5, 5.41) is 2.25. The Morgan fingerprint density at radius 2 is 2.11 bits per heavy atom. The molecule has 1 heterocycles. The lowest BCUT2D eigenvalue weighted by molar-refractivity contribution is -0.154. The van der Waals surface area contributed by atoms with Crippen molar-refractivity contribution in [1.82, 2.24) is 10.2 Å². The number of carbonyl (C=O) groups excluding carboxylic acids is 3. The molecule has 0 aliphatic carbocycles. The van der Waals surface area contributed by atoms with Gasteiger partial charge in [0.05, 0.1) is 5.75 Å². The van der Waals surface area contributed by atoms with Crippen LogP contribution in [0.15, 0.2) is 0 Å². The number of hydrogen-bond donors (Lipinski definition) is 1. The Morgan fingerprint density at radius 3 is 2.72 bits per heavy atom. The minimum atomic E-state index is -0.948. The smallest absolute Gasteiger partial charge is 0.252 e. The van der Waals surface area contributed by atoms with E-state index < -0.39 is 17.4 Å². The van der Waals surface area contributed by atoms with E-state index in [1.165, 1.54) is 4.90 Å². The zero-order valence-corrected chi connectivity index (χ0v) is 11.9. The van der Waals surface area contributed by atoms with Crippen LogP contribution in [0.25, 0.3) is 0 Å². The highest BCUT2D eigenvalue weighted by molar-refractivity contribution is 7.99. The number of rotatable bonds is 5. The molecule has 0 saturated carbocycles. The minimum Gasteiger partial charge on any atom is -0.318 e. The monoisotopic (exact) mass is 272 g/mol. The molecule has 0 atom stereocenters. The first-order valence-electron chi connectivity index (χ1n) is 6.12. The van der Waals surface area contributed by atoms with Gasteiger partial charge < -0.3 is 4.90 Å². The van der Waals surface area contributed by atoms with Crippen LogP contribution in [-0.4, -0.2) is 46.2 Å². The summed E-state index contributed by atoms with van der Waals surface area (Å²) in [5.74, 6) is 0.280. The Kier molecular flexibility index (Phi) is 5.19. The van der Waals surface area contributed by atoms with Crippen LogP contribution in [-0.2, 0) is 14.4 Å². The van der Waals surface area contributed by atoms with E-state index in [1.807, 2.05) is 0 Å². The van der Waals surface area contributed by atoms with E-state index in [0.29, 0.717) is 5.75 Å². The van der Waals surface area contributed by atoms with Gasteiger partial charge in [0.1, 0.15) is 12.1 Å². The maximum atomic E-state index is 12.0. The van der Waals surface area contributed by atoms with Gasteiger partial charge >= 0.3 is 0 Å². The molecule has 1 N–H and O–H groups in total. The summed E-state index contributed by atoms with van der Waals surface area (Å²) in [6, 6.07) is 0. The van der Waals surface area contributed by atoms with Gasteiger partial charge in [0.2, 0.25) is 11.8 Å². The van der Waals surface area contributed by atoms with Crippen molar-refractivity contribution >= 4 is 29.5 Å². The molecule has 6 heteroatoms. The SMILES string of the molecule is CCCCSCC(=O)N1CC(=O)NC(=O)C1(C)C. The lowest BCUT2D eigenvalue weighted by Crippen LogP contribution is -2.65. The summed E-state index contributed by atoms with van der Waals surface area (Å²) >= 11 is 1.55. The van der Waals surface area contributed by atoms with Crippen LogP contribution in [0, 0.1) is 0 Å². The third kappa shape index (κ3) is 3.48. The normalized spacial score (nSPS) is 18.7. The zero-order chi connectivity index (χ0) is 13.8. The molecule has 3 amide bonds. The summed E-state index contributed by atoms with van der Waals surface area (Å²) in [5.41, 5.74) is -0.948. The number of unbranched alkanes of at least 4 members (excludes halogenated alkanes) is 1. The molecule has 0 radical (unpaired) electrons. The molecule has 1 aliphatic rings. The maximum absolute atomic E-state index is 12.0. The second-order valence-corrected chi connectivity index (χ2v) is 5.93. The molecule has 102 valence electrons. The number of thioether (sulfide) groups is 1. The molecule has 0 bridgehead atoms. The number of amides is 3. The van der Waals surface area contributed by atoms with E-state index in [0.717, 1.165) is 18.6 Å². The van der Waals surface area contributed by atoms with E-state index in [4.69, 9.17) is 0 Å². The van der Waals surface area contributed by atoms with E-state index in [-0.39, 0.29) is 12.5 Å². The van der Waals surface area contributed by atoms with Gasteiger partial charge in [-0.25, -0.2) is 0 Å². The second-order valence-electron chi connectivity index (χ2n) is 4.82. The summed E-state index contributed by atoms with van der Waals surface area (Å²) in [7, 11) is 0. The highest BCUT2D eigenvalue weighted by atomic mass is 32.2. The Labute approximate surface area is 112 Å². The van der Waals surface area contributed by atoms with Crippen LogP contribution in [0.5, 0.6) is 0 Å². The van der Waals surface area contributed by atoms with Crippen molar-refractivity contribution in [2.24, 2.45) is 0 Å². The van der Waals surface area contributed by atoms with E-state index in [2.05, 4.69) is 12.2 Å². The van der Waals surface area contributed by atoms with Crippen molar-refractivity contribution < 1.29 is 14.4 Å². The summed E-state index contributed by atoms with van der Waals surface area (Å²) in [4.78, 5) is 36.4. The number of nitrogens with one attached hydrogen (secondary N) is 1. The quantitative estimate of drug-likeness (QED) is 0.593. The molecule has 1 fully saturated rings. The number of imide groups is 1. The molecule has 5 nitrogen and oxygen atoms in total. The van der Waals surface area contributed by atoms with E-state index in [1.54, 1.807) is 25.6 Å². The van der Waals surface area contributed by atoms with Crippen molar-refractivity contribution in [3.8, 4) is 0 Å². The first kappa shape index (κ1) is 15.0. The number of hydrogen-bond acceptors (Lipinski definition) is 4. The topological polar surface area (TPSA) is 66.5 Å². The van der Waals surface area contributed by atoms with E-state index in [9.17, 15) is 14.4 Å². The van der Waals surface area contributed by atoms with E-state index >= 15 is 0 Å². The Hall–Kier alpha value is -1.04. The third-order valence-corrected chi connectivity index (χ3v) is 3.98. The predicted molar refractivity (Wildman–Crippen MR) is 71.2 cm³/mol. The molecule has 0 aromatic rings. The van der Waals surface area contributed by atoms with Crippen molar-refractivity contribution in [2.75, 3.05) is 18.1 Å². The number of piperazine rings is 1. The molecule has 1 rings (SSSR count). The van der Waals surface area contributed by atoms with Gasteiger partial charge in [0, 0.05) is 0 Å². The fourth-order valence-corrected chi connectivity index (χ4v) is 2.63. The minimum absolute atomic E-state index is 0.0358. The van der Waals surface area contributed by atoms with Gasteiger partial charge in [-0.2, -0.15) is 11.8 Å². The molecular formula is C12H20N2O3S. The molecule has 1 aliphatic heterocycles. The second kappa shape index (κ2) is 6.22. The highest BCUT2D eigenvalue weighted by Gasteiger charge is 2.43. The first-order chi connectivity index (χ1) is 8.39. The van der Waals surface area contributed by atoms with Crippen LogP contribution in [0.4, 0.5) is 0 Å². The summed E-state index contributed by atoms with van der Waals surface area (Å²) in [6.07, 6.45) is 2.16. The van der Waals surface area contributed by atoms with Crippen LogP contribution in [0.2, 0.25) is 0 Å². The van der Waals surface area contributed by atoms with Gasteiger partial charge in [-0.1, -0.05) is 13.3 Å². The average molecular weight is 272 g/mol. The van der Waals surface area contributed by atoms with Crippen molar-refractivity contribution in [2.45, 2.75) is 39.2 Å². The highest BCUT2D eigenvalue weighted by Crippen LogP contribution is 2.19.